The zero-order valence-corrected chi connectivity index (χ0v) is 13.3. The first kappa shape index (κ1) is 14.5. The van der Waals surface area contributed by atoms with Crippen LogP contribution < -0.4 is 4.90 Å². The lowest BCUT2D eigenvalue weighted by Crippen LogP contribution is -2.37. The van der Waals surface area contributed by atoms with Gasteiger partial charge in [-0.1, -0.05) is 24.3 Å². The van der Waals surface area contributed by atoms with E-state index < -0.39 is 0 Å². The maximum Gasteiger partial charge on any atom is 0.228 e. The normalized spacial score (nSPS) is 18.3. The molecule has 112 valence electrons. The van der Waals surface area contributed by atoms with Crippen LogP contribution in [0.3, 0.4) is 0 Å². The number of hydrogen-bond donors (Lipinski definition) is 0. The molecule has 1 aliphatic rings. The first-order chi connectivity index (χ1) is 10.2. The van der Waals surface area contributed by atoms with Crippen LogP contribution in [0.25, 0.3) is 10.2 Å². The van der Waals surface area contributed by atoms with Gasteiger partial charge in [-0.3, -0.25) is 9.69 Å². The summed E-state index contributed by atoms with van der Waals surface area (Å²) in [5.74, 6) is 0.112. The summed E-state index contributed by atoms with van der Waals surface area (Å²) in [5, 5.41) is 0.790. The molecule has 1 aliphatic heterocycles. The fourth-order valence-corrected chi connectivity index (χ4v) is 3.69. The standard InChI is InChI=1S/C16H20N2O2S/c1-3-15(19)18(10-12-5-4-8-20-12)16-17-13-7-6-11(2)9-14(13)21-16/h6-7,9,12H,3-5,8,10H2,1-2H3. The summed E-state index contributed by atoms with van der Waals surface area (Å²) in [6.07, 6.45) is 2.74. The summed E-state index contributed by atoms with van der Waals surface area (Å²) in [6.45, 7) is 5.38. The Kier molecular flexibility index (Phi) is 4.22. The number of ether oxygens (including phenoxy) is 1. The molecule has 21 heavy (non-hydrogen) atoms. The largest absolute Gasteiger partial charge is 0.376 e. The van der Waals surface area contributed by atoms with Crippen molar-refractivity contribution in [1.29, 1.82) is 0 Å². The Morgan fingerprint density at radius 2 is 2.38 bits per heavy atom. The second kappa shape index (κ2) is 6.12. The molecule has 2 heterocycles. The molecule has 0 aliphatic carbocycles. The zero-order valence-electron chi connectivity index (χ0n) is 12.5. The molecule has 5 heteroatoms. The minimum atomic E-state index is 0.112. The molecule has 1 amide bonds. The minimum absolute atomic E-state index is 0.112. The molecule has 1 saturated heterocycles. The van der Waals surface area contributed by atoms with Gasteiger partial charge in [-0.25, -0.2) is 4.98 Å². The first-order valence-electron chi connectivity index (χ1n) is 7.46. The molecule has 1 fully saturated rings. The van der Waals surface area contributed by atoms with Crippen LogP contribution in [0.2, 0.25) is 0 Å². The average molecular weight is 304 g/mol. The van der Waals surface area contributed by atoms with E-state index in [1.807, 2.05) is 13.0 Å². The molecule has 2 aromatic rings. The van der Waals surface area contributed by atoms with Crippen molar-refractivity contribution in [2.75, 3.05) is 18.1 Å². The van der Waals surface area contributed by atoms with Crippen LogP contribution >= 0.6 is 11.3 Å². The number of fused-ring (bicyclic) bond motifs is 1. The molecule has 0 N–H and O–H groups in total. The second-order valence-electron chi connectivity index (χ2n) is 5.46. The SMILES string of the molecule is CCC(=O)N(CC1CCCO1)c1nc2ccc(C)cc2s1. The van der Waals surface area contributed by atoms with Gasteiger partial charge >= 0.3 is 0 Å². The van der Waals surface area contributed by atoms with Gasteiger partial charge in [0.2, 0.25) is 5.91 Å². The Balaban J connectivity index is 1.90. The number of aryl methyl sites for hydroxylation is 1. The third kappa shape index (κ3) is 3.09. The van der Waals surface area contributed by atoms with Crippen LogP contribution in [0.15, 0.2) is 18.2 Å². The predicted octanol–water partition coefficient (Wildman–Crippen LogP) is 3.53. The van der Waals surface area contributed by atoms with Crippen LogP contribution in [0.5, 0.6) is 0 Å². The Morgan fingerprint density at radius 3 is 3.10 bits per heavy atom. The maximum absolute atomic E-state index is 12.3. The fourth-order valence-electron chi connectivity index (χ4n) is 2.60. The van der Waals surface area contributed by atoms with E-state index in [4.69, 9.17) is 4.74 Å². The van der Waals surface area contributed by atoms with E-state index in [0.29, 0.717) is 13.0 Å². The van der Waals surface area contributed by atoms with E-state index in [0.717, 1.165) is 34.8 Å². The van der Waals surface area contributed by atoms with E-state index in [-0.39, 0.29) is 12.0 Å². The number of aromatic nitrogens is 1. The molecular formula is C16H20N2O2S. The van der Waals surface area contributed by atoms with Gasteiger partial charge in [0, 0.05) is 13.0 Å². The molecule has 0 radical (unpaired) electrons. The summed E-state index contributed by atoms with van der Waals surface area (Å²) in [7, 11) is 0. The fraction of sp³-hybridized carbons (Fsp3) is 0.500. The lowest BCUT2D eigenvalue weighted by Gasteiger charge is -2.22. The summed E-state index contributed by atoms with van der Waals surface area (Å²) in [4.78, 5) is 18.7. The number of carbonyl (C=O) groups is 1. The van der Waals surface area contributed by atoms with Gasteiger partial charge in [0.15, 0.2) is 5.13 Å². The van der Waals surface area contributed by atoms with Gasteiger partial charge in [0.1, 0.15) is 0 Å². The van der Waals surface area contributed by atoms with Crippen LogP contribution in [-0.2, 0) is 9.53 Å². The summed E-state index contributed by atoms with van der Waals surface area (Å²) >= 11 is 1.59. The number of carbonyl (C=O) groups excluding carboxylic acids is 1. The Labute approximate surface area is 128 Å². The topological polar surface area (TPSA) is 42.4 Å². The van der Waals surface area contributed by atoms with E-state index >= 15 is 0 Å². The van der Waals surface area contributed by atoms with Crippen LogP contribution in [0.4, 0.5) is 5.13 Å². The van der Waals surface area contributed by atoms with Gasteiger partial charge in [-0.2, -0.15) is 0 Å². The monoisotopic (exact) mass is 304 g/mol. The van der Waals surface area contributed by atoms with Gasteiger partial charge in [-0.15, -0.1) is 0 Å². The number of thiazole rings is 1. The third-order valence-electron chi connectivity index (χ3n) is 3.78. The lowest BCUT2D eigenvalue weighted by molar-refractivity contribution is -0.118. The smallest absolute Gasteiger partial charge is 0.228 e. The van der Waals surface area contributed by atoms with Gasteiger partial charge in [0.25, 0.3) is 0 Å². The number of benzene rings is 1. The van der Waals surface area contributed by atoms with E-state index in [1.54, 1.807) is 16.2 Å². The number of nitrogens with zero attached hydrogens (tertiary/aromatic N) is 2. The molecule has 4 nitrogen and oxygen atoms in total. The van der Waals surface area contributed by atoms with Crippen LogP contribution in [-0.4, -0.2) is 30.1 Å². The Bertz CT molecular complexity index is 647. The van der Waals surface area contributed by atoms with Gasteiger partial charge in [0.05, 0.1) is 22.9 Å². The number of amides is 1. The molecular weight excluding hydrogens is 284 g/mol. The lowest BCUT2D eigenvalue weighted by atomic mass is 10.2. The predicted molar refractivity (Wildman–Crippen MR) is 86.0 cm³/mol. The molecule has 1 aromatic heterocycles. The van der Waals surface area contributed by atoms with Gasteiger partial charge < -0.3 is 4.74 Å². The van der Waals surface area contributed by atoms with Crippen LogP contribution in [0, 0.1) is 6.92 Å². The number of rotatable bonds is 4. The summed E-state index contributed by atoms with van der Waals surface area (Å²) in [6, 6.07) is 6.19. The molecule has 3 rings (SSSR count). The van der Waals surface area contributed by atoms with Crippen molar-refractivity contribution < 1.29 is 9.53 Å². The van der Waals surface area contributed by atoms with Crippen molar-refractivity contribution >= 4 is 32.6 Å². The van der Waals surface area contributed by atoms with Gasteiger partial charge in [-0.05, 0) is 37.5 Å². The highest BCUT2D eigenvalue weighted by molar-refractivity contribution is 7.22. The summed E-state index contributed by atoms with van der Waals surface area (Å²) in [5.41, 5.74) is 2.17. The average Bonchev–Trinajstić information content (AvgIpc) is 3.12. The van der Waals surface area contributed by atoms with Crippen molar-refractivity contribution in [1.82, 2.24) is 4.98 Å². The van der Waals surface area contributed by atoms with Crippen molar-refractivity contribution in [2.45, 2.75) is 39.2 Å². The quantitative estimate of drug-likeness (QED) is 0.868. The van der Waals surface area contributed by atoms with Crippen LogP contribution in [0.1, 0.15) is 31.7 Å². The van der Waals surface area contributed by atoms with E-state index in [2.05, 4.69) is 24.0 Å². The Morgan fingerprint density at radius 1 is 1.52 bits per heavy atom. The number of hydrogen-bond acceptors (Lipinski definition) is 4. The molecule has 1 atom stereocenters. The molecule has 0 spiro atoms. The second-order valence-corrected chi connectivity index (χ2v) is 6.47. The highest BCUT2D eigenvalue weighted by Crippen LogP contribution is 2.30. The number of anilines is 1. The third-order valence-corrected chi connectivity index (χ3v) is 4.82. The van der Waals surface area contributed by atoms with E-state index in [1.165, 1.54) is 5.56 Å². The molecule has 0 saturated carbocycles. The van der Waals surface area contributed by atoms with E-state index in [9.17, 15) is 4.79 Å². The minimum Gasteiger partial charge on any atom is -0.376 e. The summed E-state index contributed by atoms with van der Waals surface area (Å²) < 4.78 is 6.81. The first-order valence-corrected chi connectivity index (χ1v) is 8.28. The van der Waals surface area contributed by atoms with Crippen molar-refractivity contribution in [3.63, 3.8) is 0 Å². The highest BCUT2D eigenvalue weighted by Gasteiger charge is 2.25. The van der Waals surface area contributed by atoms with Crippen molar-refractivity contribution in [3.05, 3.63) is 23.8 Å². The highest BCUT2D eigenvalue weighted by atomic mass is 32.1. The van der Waals surface area contributed by atoms with Crippen molar-refractivity contribution in [3.8, 4) is 0 Å². The molecule has 0 bridgehead atoms. The van der Waals surface area contributed by atoms with Crippen molar-refractivity contribution in [2.24, 2.45) is 0 Å². The zero-order chi connectivity index (χ0) is 14.8. The molecule has 1 aromatic carbocycles. The Hall–Kier alpha value is -1.46. The molecule has 1 unspecified atom stereocenters. The maximum atomic E-state index is 12.3.